The molecule has 0 bridgehead atoms. The number of hydrogen-bond donors (Lipinski definition) is 1. The van der Waals surface area contributed by atoms with Gasteiger partial charge >= 0.3 is 0 Å². The maximum absolute atomic E-state index is 11.9. The number of rotatable bonds is 5. The normalized spacial score (nSPS) is 11.3. The van der Waals surface area contributed by atoms with Gasteiger partial charge in [-0.15, -0.1) is 11.8 Å². The molecule has 1 aromatic heterocycles. The maximum atomic E-state index is 11.9. The van der Waals surface area contributed by atoms with Gasteiger partial charge in [0.25, 0.3) is 0 Å². The van der Waals surface area contributed by atoms with E-state index in [2.05, 4.69) is 4.98 Å². The highest BCUT2D eigenvalue weighted by molar-refractivity contribution is 8.00. The molecule has 0 aliphatic heterocycles. The van der Waals surface area contributed by atoms with Crippen LogP contribution in [-0.4, -0.2) is 45.8 Å². The molecule has 17 heavy (non-hydrogen) atoms. The van der Waals surface area contributed by atoms with E-state index in [1.807, 2.05) is 26.0 Å². The number of pyridine rings is 1. The van der Waals surface area contributed by atoms with Crippen LogP contribution in [0.2, 0.25) is 0 Å². The van der Waals surface area contributed by atoms with Gasteiger partial charge in [-0.05, 0) is 26.0 Å². The van der Waals surface area contributed by atoms with Crippen LogP contribution in [0.5, 0.6) is 0 Å². The molecule has 5 heteroatoms. The van der Waals surface area contributed by atoms with E-state index in [0.717, 1.165) is 4.90 Å². The lowest BCUT2D eigenvalue weighted by Crippen LogP contribution is -2.48. The Balaban J connectivity index is 2.51. The van der Waals surface area contributed by atoms with Crippen LogP contribution in [0.25, 0.3) is 0 Å². The number of amides is 1. The predicted molar refractivity (Wildman–Crippen MR) is 68.9 cm³/mol. The average molecular weight is 254 g/mol. The summed E-state index contributed by atoms with van der Waals surface area (Å²) in [6.45, 7) is 3.62. The summed E-state index contributed by atoms with van der Waals surface area (Å²) in [4.78, 5) is 18.4. The zero-order valence-corrected chi connectivity index (χ0v) is 11.2. The van der Waals surface area contributed by atoms with Gasteiger partial charge in [0.15, 0.2) is 0 Å². The monoisotopic (exact) mass is 254 g/mol. The van der Waals surface area contributed by atoms with E-state index < -0.39 is 5.54 Å². The summed E-state index contributed by atoms with van der Waals surface area (Å²) in [6, 6.07) is 3.74. The maximum Gasteiger partial charge on any atom is 0.233 e. The number of thioether (sulfide) groups is 1. The molecule has 0 atom stereocenters. The van der Waals surface area contributed by atoms with Crippen molar-refractivity contribution >= 4 is 17.7 Å². The van der Waals surface area contributed by atoms with E-state index in [9.17, 15) is 9.90 Å². The van der Waals surface area contributed by atoms with E-state index in [1.165, 1.54) is 11.8 Å². The highest BCUT2D eigenvalue weighted by Crippen LogP contribution is 2.19. The first-order valence-electron chi connectivity index (χ1n) is 5.38. The molecule has 0 aliphatic carbocycles. The first-order chi connectivity index (χ1) is 7.97. The van der Waals surface area contributed by atoms with E-state index >= 15 is 0 Å². The highest BCUT2D eigenvalue weighted by atomic mass is 32.2. The van der Waals surface area contributed by atoms with Crippen molar-refractivity contribution in [2.75, 3.05) is 19.4 Å². The van der Waals surface area contributed by atoms with Gasteiger partial charge < -0.3 is 10.0 Å². The minimum absolute atomic E-state index is 0.00543. The Morgan fingerprint density at radius 2 is 2.06 bits per heavy atom. The van der Waals surface area contributed by atoms with Gasteiger partial charge in [0.1, 0.15) is 0 Å². The second-order valence-corrected chi connectivity index (χ2v) is 5.44. The minimum Gasteiger partial charge on any atom is -0.394 e. The van der Waals surface area contributed by atoms with Crippen LogP contribution < -0.4 is 0 Å². The van der Waals surface area contributed by atoms with Crippen LogP contribution >= 0.6 is 11.8 Å². The molecule has 1 amide bonds. The van der Waals surface area contributed by atoms with Crippen molar-refractivity contribution in [1.82, 2.24) is 9.88 Å². The molecule has 1 aromatic rings. The summed E-state index contributed by atoms with van der Waals surface area (Å²) >= 11 is 1.47. The van der Waals surface area contributed by atoms with Crippen LogP contribution in [0, 0.1) is 0 Å². The number of nitrogens with zero attached hydrogens (tertiary/aromatic N) is 2. The summed E-state index contributed by atoms with van der Waals surface area (Å²) in [5, 5.41) is 9.19. The molecule has 1 heterocycles. The van der Waals surface area contributed by atoms with Gasteiger partial charge in [-0.25, -0.2) is 0 Å². The van der Waals surface area contributed by atoms with Crippen LogP contribution in [-0.2, 0) is 4.79 Å². The fraction of sp³-hybridized carbons (Fsp3) is 0.500. The van der Waals surface area contributed by atoms with E-state index in [4.69, 9.17) is 0 Å². The molecule has 0 aliphatic rings. The summed E-state index contributed by atoms with van der Waals surface area (Å²) in [5.41, 5.74) is -0.518. The first-order valence-corrected chi connectivity index (χ1v) is 6.36. The number of aliphatic hydroxyl groups excluding tert-OH is 1. The molecule has 0 fully saturated rings. The van der Waals surface area contributed by atoms with Crippen molar-refractivity contribution in [3.05, 3.63) is 24.5 Å². The smallest absolute Gasteiger partial charge is 0.233 e. The Kier molecular flexibility index (Phi) is 4.96. The Morgan fingerprint density at radius 1 is 1.47 bits per heavy atom. The number of carbonyl (C=O) groups is 1. The second-order valence-electron chi connectivity index (χ2n) is 4.39. The van der Waals surface area contributed by atoms with Gasteiger partial charge in [0, 0.05) is 24.3 Å². The van der Waals surface area contributed by atoms with Crippen molar-refractivity contribution in [2.45, 2.75) is 24.3 Å². The molecule has 1 N–H and O–H groups in total. The standard InChI is InChI=1S/C12H18N2O2S/c1-12(2,9-15)14(3)11(16)8-17-10-4-6-13-7-5-10/h4-7,15H,8-9H2,1-3H3. The molecular weight excluding hydrogens is 236 g/mol. The topological polar surface area (TPSA) is 53.4 Å². The molecule has 0 radical (unpaired) electrons. The summed E-state index contributed by atoms with van der Waals surface area (Å²) in [5.74, 6) is 0.370. The third kappa shape index (κ3) is 4.02. The van der Waals surface area contributed by atoms with Gasteiger partial charge in [0.2, 0.25) is 5.91 Å². The molecule has 0 saturated carbocycles. The number of carbonyl (C=O) groups excluding carboxylic acids is 1. The molecule has 4 nitrogen and oxygen atoms in total. The van der Waals surface area contributed by atoms with Gasteiger partial charge in [0.05, 0.1) is 17.9 Å². The Hall–Kier alpha value is -1.07. The first kappa shape index (κ1) is 14.0. The zero-order valence-electron chi connectivity index (χ0n) is 10.4. The van der Waals surface area contributed by atoms with Crippen LogP contribution in [0.4, 0.5) is 0 Å². The molecule has 94 valence electrons. The largest absolute Gasteiger partial charge is 0.394 e. The van der Waals surface area contributed by atoms with Crippen molar-refractivity contribution in [2.24, 2.45) is 0 Å². The van der Waals surface area contributed by atoms with E-state index in [-0.39, 0.29) is 12.5 Å². The van der Waals surface area contributed by atoms with Gasteiger partial charge in [-0.2, -0.15) is 0 Å². The molecular formula is C12H18N2O2S. The summed E-state index contributed by atoms with van der Waals surface area (Å²) in [6.07, 6.45) is 3.41. The molecule has 0 saturated heterocycles. The van der Waals surface area contributed by atoms with Crippen molar-refractivity contribution < 1.29 is 9.90 Å². The van der Waals surface area contributed by atoms with Gasteiger partial charge in [-0.1, -0.05) is 0 Å². The summed E-state index contributed by atoms with van der Waals surface area (Å²) in [7, 11) is 1.71. The molecule has 1 rings (SSSR count). The third-order valence-corrected chi connectivity index (χ3v) is 3.68. The summed E-state index contributed by atoms with van der Waals surface area (Å²) < 4.78 is 0. The number of aliphatic hydroxyl groups is 1. The number of likely N-dealkylation sites (N-methyl/N-ethyl adjacent to an activating group) is 1. The zero-order chi connectivity index (χ0) is 12.9. The predicted octanol–water partition coefficient (Wildman–Crippen LogP) is 1.40. The molecule has 0 unspecified atom stereocenters. The highest BCUT2D eigenvalue weighted by Gasteiger charge is 2.26. The average Bonchev–Trinajstić information content (AvgIpc) is 2.36. The number of aromatic nitrogens is 1. The fourth-order valence-electron chi connectivity index (χ4n) is 1.12. The lowest BCUT2D eigenvalue weighted by Gasteiger charge is -2.33. The molecule has 0 aromatic carbocycles. The fourth-order valence-corrected chi connectivity index (χ4v) is 1.92. The lowest BCUT2D eigenvalue weighted by molar-refractivity contribution is -0.133. The quantitative estimate of drug-likeness (QED) is 0.807. The molecule has 0 spiro atoms. The Bertz CT molecular complexity index is 368. The van der Waals surface area contributed by atoms with E-state index in [0.29, 0.717) is 5.75 Å². The third-order valence-electron chi connectivity index (χ3n) is 2.68. The van der Waals surface area contributed by atoms with Crippen molar-refractivity contribution in [3.63, 3.8) is 0 Å². The van der Waals surface area contributed by atoms with Crippen LogP contribution in [0.15, 0.2) is 29.4 Å². The Labute approximate surface area is 106 Å². The van der Waals surface area contributed by atoms with Crippen molar-refractivity contribution in [1.29, 1.82) is 0 Å². The van der Waals surface area contributed by atoms with Gasteiger partial charge in [-0.3, -0.25) is 9.78 Å². The second kappa shape index (κ2) is 6.02. The van der Waals surface area contributed by atoms with Crippen molar-refractivity contribution in [3.8, 4) is 0 Å². The Morgan fingerprint density at radius 3 is 2.59 bits per heavy atom. The lowest BCUT2D eigenvalue weighted by atomic mass is 10.1. The minimum atomic E-state index is -0.518. The van der Waals surface area contributed by atoms with Crippen LogP contribution in [0.1, 0.15) is 13.8 Å². The van der Waals surface area contributed by atoms with E-state index in [1.54, 1.807) is 24.3 Å². The number of hydrogen-bond acceptors (Lipinski definition) is 4. The SMILES string of the molecule is CN(C(=O)CSc1ccncc1)C(C)(C)CO. The van der Waals surface area contributed by atoms with Crippen LogP contribution in [0.3, 0.4) is 0 Å².